The summed E-state index contributed by atoms with van der Waals surface area (Å²) in [6, 6.07) is 0. The van der Waals surface area contributed by atoms with Crippen molar-refractivity contribution < 1.29 is 18.7 Å². The summed E-state index contributed by atoms with van der Waals surface area (Å²) in [4.78, 5) is 19.4. The highest BCUT2D eigenvalue weighted by atomic mass is 79.9. The fraction of sp³-hybridized carbons (Fsp3) is 0.375. The molecule has 0 aromatic carbocycles. The third-order valence-corrected chi connectivity index (χ3v) is 2.64. The van der Waals surface area contributed by atoms with Gasteiger partial charge in [-0.1, -0.05) is 0 Å². The molecular weight excluding hydrogens is 288 g/mol. The van der Waals surface area contributed by atoms with Gasteiger partial charge in [0.25, 0.3) is 5.92 Å². The average Bonchev–Trinajstić information content (AvgIpc) is 2.13. The Labute approximate surface area is 97.2 Å². The lowest BCUT2D eigenvalue weighted by molar-refractivity contribution is -0.0267. The molecule has 0 amide bonds. The predicted molar refractivity (Wildman–Crippen MR) is 53.9 cm³/mol. The molecular formula is C8H6BrF2N3O2. The summed E-state index contributed by atoms with van der Waals surface area (Å²) in [7, 11) is 0. The third-order valence-electron chi connectivity index (χ3n) is 2.09. The van der Waals surface area contributed by atoms with E-state index in [1.54, 1.807) is 0 Å². The number of anilines is 1. The molecule has 0 atom stereocenters. The second-order valence-corrected chi connectivity index (χ2v) is 4.14. The van der Waals surface area contributed by atoms with E-state index in [2.05, 4.69) is 25.9 Å². The van der Waals surface area contributed by atoms with Crippen LogP contribution in [0.3, 0.4) is 0 Å². The number of carboxylic acid groups (broad SMARTS) is 1. The summed E-state index contributed by atoms with van der Waals surface area (Å²) in [5.41, 5.74) is -0.240. The van der Waals surface area contributed by atoms with Gasteiger partial charge in [0.05, 0.1) is 19.3 Å². The van der Waals surface area contributed by atoms with Gasteiger partial charge in [0, 0.05) is 0 Å². The van der Waals surface area contributed by atoms with Crippen molar-refractivity contribution in [3.63, 3.8) is 0 Å². The quantitative estimate of drug-likeness (QED) is 0.893. The first-order valence-corrected chi connectivity index (χ1v) is 5.07. The van der Waals surface area contributed by atoms with Crippen molar-refractivity contribution in [2.24, 2.45) is 0 Å². The van der Waals surface area contributed by atoms with Crippen LogP contribution in [0, 0.1) is 0 Å². The second kappa shape index (κ2) is 3.62. The number of carboxylic acids is 1. The SMILES string of the molecule is O=C(O)c1ncc(N2CC(F)(F)C2)nc1Br. The molecule has 0 radical (unpaired) electrons. The summed E-state index contributed by atoms with van der Waals surface area (Å²) < 4.78 is 25.2. The van der Waals surface area contributed by atoms with Gasteiger partial charge in [-0.3, -0.25) is 0 Å². The van der Waals surface area contributed by atoms with Crippen LogP contribution in [0.2, 0.25) is 0 Å². The number of aromatic carboxylic acids is 1. The molecule has 5 nitrogen and oxygen atoms in total. The second-order valence-electron chi connectivity index (χ2n) is 3.38. The Morgan fingerprint density at radius 3 is 2.62 bits per heavy atom. The van der Waals surface area contributed by atoms with Gasteiger partial charge in [-0.05, 0) is 15.9 Å². The molecule has 8 heteroatoms. The van der Waals surface area contributed by atoms with Gasteiger partial charge >= 0.3 is 5.97 Å². The van der Waals surface area contributed by atoms with Crippen molar-refractivity contribution in [3.8, 4) is 0 Å². The van der Waals surface area contributed by atoms with Crippen molar-refractivity contribution in [1.82, 2.24) is 9.97 Å². The van der Waals surface area contributed by atoms with Crippen molar-refractivity contribution in [2.75, 3.05) is 18.0 Å². The number of halogens is 3. The monoisotopic (exact) mass is 293 g/mol. The van der Waals surface area contributed by atoms with Gasteiger partial charge in [0.15, 0.2) is 5.69 Å². The molecule has 16 heavy (non-hydrogen) atoms. The first-order chi connectivity index (χ1) is 7.39. The average molecular weight is 294 g/mol. The minimum Gasteiger partial charge on any atom is -0.476 e. The topological polar surface area (TPSA) is 66.3 Å². The molecule has 2 heterocycles. The maximum Gasteiger partial charge on any atom is 0.357 e. The number of aromatic nitrogens is 2. The third kappa shape index (κ3) is 1.97. The smallest absolute Gasteiger partial charge is 0.357 e. The highest BCUT2D eigenvalue weighted by molar-refractivity contribution is 9.10. The molecule has 2 rings (SSSR count). The van der Waals surface area contributed by atoms with E-state index in [1.165, 1.54) is 11.1 Å². The normalized spacial score (nSPS) is 18.1. The van der Waals surface area contributed by atoms with Gasteiger partial charge in [0.1, 0.15) is 10.4 Å². The van der Waals surface area contributed by atoms with Crippen molar-refractivity contribution in [3.05, 3.63) is 16.5 Å². The van der Waals surface area contributed by atoms with Crippen LogP contribution in [0.25, 0.3) is 0 Å². The van der Waals surface area contributed by atoms with Crippen molar-refractivity contribution in [1.29, 1.82) is 0 Å². The Kier molecular flexibility index (Phi) is 2.53. The van der Waals surface area contributed by atoms with Gasteiger partial charge in [-0.2, -0.15) is 0 Å². The minimum atomic E-state index is -2.69. The van der Waals surface area contributed by atoms with E-state index in [1.807, 2.05) is 0 Å². The van der Waals surface area contributed by atoms with Crippen molar-refractivity contribution >= 4 is 27.7 Å². The molecule has 1 N–H and O–H groups in total. The van der Waals surface area contributed by atoms with Crippen LogP contribution in [0.1, 0.15) is 10.5 Å². The number of hydrogen-bond acceptors (Lipinski definition) is 4. The standard InChI is InChI=1S/C8H6BrF2N3O2/c9-6-5(7(15)16)12-1-4(13-6)14-2-8(10,11)3-14/h1H,2-3H2,(H,15,16). The maximum atomic E-state index is 12.6. The van der Waals surface area contributed by atoms with E-state index >= 15 is 0 Å². The number of rotatable bonds is 2. The Hall–Kier alpha value is -1.31. The van der Waals surface area contributed by atoms with Crippen LogP contribution in [0.15, 0.2) is 10.8 Å². The molecule has 1 aliphatic heterocycles. The largest absolute Gasteiger partial charge is 0.476 e. The maximum absolute atomic E-state index is 12.6. The van der Waals surface area contributed by atoms with Crippen LogP contribution < -0.4 is 4.90 Å². The number of hydrogen-bond donors (Lipinski definition) is 1. The van der Waals surface area contributed by atoms with Crippen molar-refractivity contribution in [2.45, 2.75) is 5.92 Å². The van der Waals surface area contributed by atoms with Crippen LogP contribution in [0.4, 0.5) is 14.6 Å². The summed E-state index contributed by atoms with van der Waals surface area (Å²) >= 11 is 2.93. The van der Waals surface area contributed by atoms with Crippen LogP contribution in [-0.2, 0) is 0 Å². The molecule has 1 aromatic heterocycles. The molecule has 0 aliphatic carbocycles. The first-order valence-electron chi connectivity index (χ1n) is 4.28. The predicted octanol–water partition coefficient (Wildman–Crippen LogP) is 1.39. The zero-order valence-electron chi connectivity index (χ0n) is 7.82. The minimum absolute atomic E-state index is 0.0349. The molecule has 1 aliphatic rings. The number of nitrogens with zero attached hydrogens (tertiary/aromatic N) is 3. The van der Waals surface area contributed by atoms with Crippen LogP contribution in [0.5, 0.6) is 0 Å². The van der Waals surface area contributed by atoms with E-state index in [-0.39, 0.29) is 16.1 Å². The molecule has 0 saturated carbocycles. The lowest BCUT2D eigenvalue weighted by atomic mass is 10.1. The highest BCUT2D eigenvalue weighted by Gasteiger charge is 2.44. The molecule has 86 valence electrons. The molecule has 1 saturated heterocycles. The molecule has 1 aromatic rings. The summed E-state index contributed by atoms with van der Waals surface area (Å²) in [5, 5.41) is 8.68. The van der Waals surface area contributed by atoms with Gasteiger partial charge in [-0.25, -0.2) is 23.5 Å². The first kappa shape index (κ1) is 11.2. The van der Waals surface area contributed by atoms with E-state index < -0.39 is 25.0 Å². The van der Waals surface area contributed by atoms with E-state index in [0.717, 1.165) is 0 Å². The fourth-order valence-electron chi connectivity index (χ4n) is 1.33. The zero-order chi connectivity index (χ0) is 11.9. The number of alkyl halides is 2. The molecule has 1 fully saturated rings. The van der Waals surface area contributed by atoms with E-state index in [4.69, 9.17) is 5.11 Å². The van der Waals surface area contributed by atoms with Gasteiger partial charge < -0.3 is 10.0 Å². The highest BCUT2D eigenvalue weighted by Crippen LogP contribution is 2.31. The van der Waals surface area contributed by atoms with Crippen LogP contribution in [-0.4, -0.2) is 40.1 Å². The lowest BCUT2D eigenvalue weighted by Gasteiger charge is -2.39. The summed E-state index contributed by atoms with van der Waals surface area (Å²) in [5.74, 6) is -3.68. The van der Waals surface area contributed by atoms with Gasteiger partial charge in [-0.15, -0.1) is 0 Å². The Morgan fingerprint density at radius 2 is 2.19 bits per heavy atom. The Balaban J connectivity index is 2.20. The van der Waals surface area contributed by atoms with E-state index in [0.29, 0.717) is 0 Å². The van der Waals surface area contributed by atoms with Gasteiger partial charge in [0.2, 0.25) is 0 Å². The zero-order valence-corrected chi connectivity index (χ0v) is 9.41. The van der Waals surface area contributed by atoms with Crippen LogP contribution >= 0.6 is 15.9 Å². The summed E-state index contributed by atoms with van der Waals surface area (Å²) in [6.07, 6.45) is 1.17. The molecule has 0 spiro atoms. The lowest BCUT2D eigenvalue weighted by Crippen LogP contribution is -2.56. The summed E-state index contributed by atoms with van der Waals surface area (Å²) in [6.45, 7) is -0.832. The Morgan fingerprint density at radius 1 is 1.56 bits per heavy atom. The fourth-order valence-corrected chi connectivity index (χ4v) is 1.78. The molecule has 0 bridgehead atoms. The number of carbonyl (C=O) groups is 1. The Bertz CT molecular complexity index is 447. The van der Waals surface area contributed by atoms with E-state index in [9.17, 15) is 13.6 Å². The molecule has 0 unspecified atom stereocenters.